The van der Waals surface area contributed by atoms with E-state index in [0.29, 0.717) is 5.54 Å². The van der Waals surface area contributed by atoms with Crippen LogP contribution in [0.1, 0.15) is 52.4 Å². The summed E-state index contributed by atoms with van der Waals surface area (Å²) in [6.07, 6.45) is 8.19. The van der Waals surface area contributed by atoms with E-state index < -0.39 is 0 Å². The summed E-state index contributed by atoms with van der Waals surface area (Å²) in [7, 11) is 0. The molecule has 0 heterocycles. The van der Waals surface area contributed by atoms with Crippen LogP contribution in [0, 0.1) is 5.92 Å². The van der Waals surface area contributed by atoms with Gasteiger partial charge >= 0.3 is 0 Å². The molecular formula is C13H26N2. The second-order valence-corrected chi connectivity index (χ2v) is 5.53. The van der Waals surface area contributed by atoms with E-state index in [9.17, 15) is 0 Å². The van der Waals surface area contributed by atoms with Crippen molar-refractivity contribution in [3.8, 4) is 0 Å². The van der Waals surface area contributed by atoms with Gasteiger partial charge in [0.15, 0.2) is 0 Å². The lowest BCUT2D eigenvalue weighted by Crippen LogP contribution is -2.56. The first-order valence-corrected chi connectivity index (χ1v) is 6.71. The molecule has 2 N–H and O–H groups in total. The van der Waals surface area contributed by atoms with Crippen LogP contribution >= 0.6 is 0 Å². The van der Waals surface area contributed by atoms with E-state index in [1.807, 2.05) is 0 Å². The Hall–Kier alpha value is -0.0800. The minimum absolute atomic E-state index is 0.358. The third-order valence-electron chi connectivity index (χ3n) is 4.54. The van der Waals surface area contributed by atoms with Crippen molar-refractivity contribution in [3.63, 3.8) is 0 Å². The molecule has 2 rings (SSSR count). The Morgan fingerprint density at radius 3 is 2.47 bits per heavy atom. The van der Waals surface area contributed by atoms with E-state index in [-0.39, 0.29) is 0 Å². The quantitative estimate of drug-likeness (QED) is 0.755. The molecule has 2 atom stereocenters. The highest BCUT2D eigenvalue weighted by Crippen LogP contribution is 2.44. The van der Waals surface area contributed by atoms with E-state index in [1.165, 1.54) is 45.1 Å². The Bertz CT molecular complexity index is 213. The summed E-state index contributed by atoms with van der Waals surface area (Å²) >= 11 is 0. The Kier molecular flexibility index (Phi) is 3.36. The SMILES string of the molecule is CCCN(C1CC1)C1(CN)CCCC1C. The molecule has 2 fully saturated rings. The number of hydrogen-bond acceptors (Lipinski definition) is 2. The van der Waals surface area contributed by atoms with Gasteiger partial charge in [0.25, 0.3) is 0 Å². The third kappa shape index (κ3) is 1.94. The molecule has 15 heavy (non-hydrogen) atoms. The second kappa shape index (κ2) is 4.42. The average molecular weight is 210 g/mol. The van der Waals surface area contributed by atoms with E-state index in [2.05, 4.69) is 18.7 Å². The Balaban J connectivity index is 2.13. The highest BCUT2D eigenvalue weighted by Gasteiger charge is 2.48. The van der Waals surface area contributed by atoms with Crippen LogP contribution in [0.4, 0.5) is 0 Å². The molecule has 0 radical (unpaired) electrons. The molecule has 2 saturated carbocycles. The van der Waals surface area contributed by atoms with Gasteiger partial charge in [-0.15, -0.1) is 0 Å². The predicted molar refractivity (Wildman–Crippen MR) is 64.8 cm³/mol. The molecule has 2 aliphatic rings. The zero-order valence-corrected chi connectivity index (χ0v) is 10.3. The van der Waals surface area contributed by atoms with Gasteiger partial charge in [-0.25, -0.2) is 0 Å². The van der Waals surface area contributed by atoms with Gasteiger partial charge in [0, 0.05) is 18.1 Å². The number of hydrogen-bond donors (Lipinski definition) is 1. The minimum Gasteiger partial charge on any atom is -0.329 e. The maximum atomic E-state index is 6.11. The largest absolute Gasteiger partial charge is 0.329 e. The Morgan fingerprint density at radius 2 is 2.07 bits per heavy atom. The van der Waals surface area contributed by atoms with Crippen molar-refractivity contribution in [1.29, 1.82) is 0 Å². The summed E-state index contributed by atoms with van der Waals surface area (Å²) in [6, 6.07) is 0.869. The summed E-state index contributed by atoms with van der Waals surface area (Å²) in [4.78, 5) is 2.77. The van der Waals surface area contributed by atoms with Gasteiger partial charge in [0.1, 0.15) is 0 Å². The minimum atomic E-state index is 0.358. The molecule has 0 spiro atoms. The maximum absolute atomic E-state index is 6.11. The Morgan fingerprint density at radius 1 is 1.33 bits per heavy atom. The van der Waals surface area contributed by atoms with Crippen LogP contribution in [-0.4, -0.2) is 29.6 Å². The van der Waals surface area contributed by atoms with Gasteiger partial charge in [0.05, 0.1) is 0 Å². The zero-order valence-electron chi connectivity index (χ0n) is 10.3. The topological polar surface area (TPSA) is 29.3 Å². The lowest BCUT2D eigenvalue weighted by molar-refractivity contribution is 0.0554. The van der Waals surface area contributed by atoms with Crippen LogP contribution in [0.2, 0.25) is 0 Å². The molecule has 0 saturated heterocycles. The fourth-order valence-electron chi connectivity index (χ4n) is 3.47. The molecular weight excluding hydrogens is 184 g/mol. The van der Waals surface area contributed by atoms with Gasteiger partial charge in [-0.2, -0.15) is 0 Å². The molecule has 0 amide bonds. The Labute approximate surface area is 94.2 Å². The summed E-state index contributed by atoms with van der Waals surface area (Å²) in [5.41, 5.74) is 6.47. The van der Waals surface area contributed by atoms with Crippen LogP contribution < -0.4 is 5.73 Å². The first-order chi connectivity index (χ1) is 7.24. The number of nitrogens with zero attached hydrogens (tertiary/aromatic N) is 1. The fraction of sp³-hybridized carbons (Fsp3) is 1.00. The molecule has 0 aromatic heterocycles. The number of nitrogens with two attached hydrogens (primary N) is 1. The molecule has 0 aromatic carbocycles. The smallest absolute Gasteiger partial charge is 0.0360 e. The van der Waals surface area contributed by atoms with Gasteiger partial charge in [0.2, 0.25) is 0 Å². The van der Waals surface area contributed by atoms with E-state index in [4.69, 9.17) is 5.73 Å². The molecule has 0 aromatic rings. The third-order valence-corrected chi connectivity index (χ3v) is 4.54. The van der Waals surface area contributed by atoms with E-state index in [0.717, 1.165) is 18.5 Å². The van der Waals surface area contributed by atoms with E-state index in [1.54, 1.807) is 0 Å². The lowest BCUT2D eigenvalue weighted by Gasteiger charge is -2.44. The standard InChI is InChI=1S/C13H26N2/c1-3-9-15(12-6-7-12)13(10-14)8-4-5-11(13)2/h11-12H,3-10,14H2,1-2H3. The van der Waals surface area contributed by atoms with Gasteiger partial charge in [-0.3, -0.25) is 4.90 Å². The summed E-state index contributed by atoms with van der Waals surface area (Å²) < 4.78 is 0. The van der Waals surface area contributed by atoms with Gasteiger partial charge in [-0.05, 0) is 44.6 Å². The maximum Gasteiger partial charge on any atom is 0.0360 e. The van der Waals surface area contributed by atoms with Crippen molar-refractivity contribution in [3.05, 3.63) is 0 Å². The van der Waals surface area contributed by atoms with Crippen LogP contribution in [0.15, 0.2) is 0 Å². The zero-order chi connectivity index (χ0) is 10.9. The first kappa shape index (κ1) is 11.4. The molecule has 88 valence electrons. The molecule has 0 bridgehead atoms. The van der Waals surface area contributed by atoms with Gasteiger partial charge < -0.3 is 5.73 Å². The second-order valence-electron chi connectivity index (χ2n) is 5.53. The van der Waals surface area contributed by atoms with Crippen LogP contribution in [0.3, 0.4) is 0 Å². The van der Waals surface area contributed by atoms with Crippen LogP contribution in [0.25, 0.3) is 0 Å². The van der Waals surface area contributed by atoms with Crippen molar-refractivity contribution < 1.29 is 0 Å². The summed E-state index contributed by atoms with van der Waals surface area (Å²) in [5, 5.41) is 0. The van der Waals surface area contributed by atoms with Crippen LogP contribution in [-0.2, 0) is 0 Å². The monoisotopic (exact) mass is 210 g/mol. The fourth-order valence-corrected chi connectivity index (χ4v) is 3.47. The normalized spacial score (nSPS) is 36.4. The average Bonchev–Trinajstić information content (AvgIpc) is 3.00. The lowest BCUT2D eigenvalue weighted by atomic mass is 9.86. The van der Waals surface area contributed by atoms with Crippen molar-refractivity contribution in [2.75, 3.05) is 13.1 Å². The summed E-state index contributed by atoms with van der Waals surface area (Å²) in [5.74, 6) is 0.801. The van der Waals surface area contributed by atoms with Crippen molar-refractivity contribution in [2.45, 2.75) is 64.0 Å². The molecule has 0 aliphatic heterocycles. The van der Waals surface area contributed by atoms with Crippen molar-refractivity contribution in [1.82, 2.24) is 4.90 Å². The first-order valence-electron chi connectivity index (χ1n) is 6.71. The molecule has 2 nitrogen and oxygen atoms in total. The highest BCUT2D eigenvalue weighted by atomic mass is 15.3. The summed E-state index contributed by atoms with van der Waals surface area (Å²) in [6.45, 7) is 6.82. The predicted octanol–water partition coefficient (Wildman–Crippen LogP) is 2.38. The number of rotatable bonds is 5. The molecule has 2 aliphatic carbocycles. The van der Waals surface area contributed by atoms with Crippen LogP contribution in [0.5, 0.6) is 0 Å². The van der Waals surface area contributed by atoms with Crippen molar-refractivity contribution >= 4 is 0 Å². The highest BCUT2D eigenvalue weighted by molar-refractivity contribution is 5.04. The van der Waals surface area contributed by atoms with Gasteiger partial charge in [-0.1, -0.05) is 20.3 Å². The van der Waals surface area contributed by atoms with E-state index >= 15 is 0 Å². The van der Waals surface area contributed by atoms with Crippen molar-refractivity contribution in [2.24, 2.45) is 11.7 Å². The molecule has 2 heteroatoms. The molecule has 2 unspecified atom stereocenters.